The summed E-state index contributed by atoms with van der Waals surface area (Å²) in [5.41, 5.74) is -0.153. The lowest BCUT2D eigenvalue weighted by Gasteiger charge is -2.26. The zero-order chi connectivity index (χ0) is 17.2. The first-order valence-corrected chi connectivity index (χ1v) is 7.86. The van der Waals surface area contributed by atoms with Crippen molar-refractivity contribution in [1.82, 2.24) is 15.5 Å². The van der Waals surface area contributed by atoms with E-state index in [4.69, 9.17) is 9.47 Å². The topological polar surface area (TPSA) is 93.3 Å². The van der Waals surface area contributed by atoms with E-state index in [0.717, 1.165) is 0 Å². The molecule has 1 aromatic heterocycles. The van der Waals surface area contributed by atoms with Gasteiger partial charge in [-0.2, -0.15) is 5.10 Å². The molecule has 1 aliphatic rings. The number of fused-ring (bicyclic) bond motifs is 2. The molecule has 0 aliphatic carbocycles. The molecule has 7 heteroatoms. The van der Waals surface area contributed by atoms with Gasteiger partial charge in [0.2, 0.25) is 0 Å². The second kappa shape index (κ2) is 6.27. The number of nitrogens with zero attached hydrogens (tertiary/aromatic N) is 1. The van der Waals surface area contributed by atoms with Crippen LogP contribution < -0.4 is 20.3 Å². The van der Waals surface area contributed by atoms with Crippen LogP contribution in [0.25, 0.3) is 10.8 Å². The Balaban J connectivity index is 1.49. The van der Waals surface area contributed by atoms with E-state index < -0.39 is 0 Å². The van der Waals surface area contributed by atoms with Crippen molar-refractivity contribution in [1.29, 1.82) is 0 Å². The van der Waals surface area contributed by atoms with E-state index in [1.807, 2.05) is 24.3 Å². The summed E-state index contributed by atoms with van der Waals surface area (Å²) in [6.45, 7) is 0.611. The van der Waals surface area contributed by atoms with E-state index in [1.54, 1.807) is 24.3 Å². The van der Waals surface area contributed by atoms with Crippen molar-refractivity contribution in [3.63, 3.8) is 0 Å². The Hall–Kier alpha value is -3.35. The first-order valence-electron chi connectivity index (χ1n) is 7.86. The number of aromatic amines is 1. The van der Waals surface area contributed by atoms with Crippen LogP contribution in [0.15, 0.2) is 53.3 Å². The number of amides is 1. The minimum Gasteiger partial charge on any atom is -0.486 e. The van der Waals surface area contributed by atoms with Crippen molar-refractivity contribution in [2.45, 2.75) is 6.10 Å². The molecule has 0 unspecified atom stereocenters. The third-order valence-corrected chi connectivity index (χ3v) is 3.97. The first-order chi connectivity index (χ1) is 12.2. The Kier molecular flexibility index (Phi) is 3.81. The zero-order valence-corrected chi connectivity index (χ0v) is 13.2. The summed E-state index contributed by atoms with van der Waals surface area (Å²) in [6, 6.07) is 14.2. The number of hydrogen-bond donors (Lipinski definition) is 2. The molecule has 2 heterocycles. The number of carbonyl (C=O) groups is 1. The molecule has 3 aromatic rings. The molecule has 0 fully saturated rings. The maximum atomic E-state index is 12.5. The van der Waals surface area contributed by atoms with E-state index in [-0.39, 0.29) is 29.8 Å². The molecule has 126 valence electrons. The first kappa shape index (κ1) is 15.2. The van der Waals surface area contributed by atoms with Crippen molar-refractivity contribution >= 4 is 16.7 Å². The van der Waals surface area contributed by atoms with Crippen LogP contribution in [0, 0.1) is 0 Å². The highest BCUT2D eigenvalue weighted by atomic mass is 16.6. The smallest absolute Gasteiger partial charge is 0.272 e. The Morgan fingerprint density at radius 1 is 1.12 bits per heavy atom. The van der Waals surface area contributed by atoms with Crippen LogP contribution in [0.5, 0.6) is 11.5 Å². The molecule has 2 aromatic carbocycles. The maximum absolute atomic E-state index is 12.5. The second-order valence-electron chi connectivity index (χ2n) is 5.65. The SMILES string of the molecule is O=C(NC[C@@H]1COc2ccccc2O1)c1n[nH]c(=O)c2ccccc12. The van der Waals surface area contributed by atoms with Crippen molar-refractivity contribution in [2.75, 3.05) is 13.2 Å². The van der Waals surface area contributed by atoms with E-state index in [1.165, 1.54) is 0 Å². The molecule has 0 spiro atoms. The molecular weight excluding hydrogens is 322 g/mol. The van der Waals surface area contributed by atoms with Crippen LogP contribution in [0.3, 0.4) is 0 Å². The normalized spacial score (nSPS) is 15.8. The Morgan fingerprint density at radius 3 is 2.68 bits per heavy atom. The van der Waals surface area contributed by atoms with Crippen molar-refractivity contribution in [3.05, 3.63) is 64.6 Å². The number of rotatable bonds is 3. The van der Waals surface area contributed by atoms with Crippen LogP contribution in [0.1, 0.15) is 10.5 Å². The highest BCUT2D eigenvalue weighted by Gasteiger charge is 2.22. The lowest BCUT2D eigenvalue weighted by molar-refractivity contribution is 0.0787. The zero-order valence-electron chi connectivity index (χ0n) is 13.2. The van der Waals surface area contributed by atoms with Gasteiger partial charge in [0.1, 0.15) is 12.7 Å². The Bertz CT molecular complexity index is 999. The summed E-state index contributed by atoms with van der Waals surface area (Å²) in [6.07, 6.45) is -0.298. The third-order valence-electron chi connectivity index (χ3n) is 3.97. The Labute approximate surface area is 142 Å². The summed E-state index contributed by atoms with van der Waals surface area (Å²) < 4.78 is 11.4. The van der Waals surface area contributed by atoms with E-state index in [0.29, 0.717) is 28.9 Å². The molecule has 0 bridgehead atoms. The second-order valence-corrected chi connectivity index (χ2v) is 5.65. The molecule has 25 heavy (non-hydrogen) atoms. The van der Waals surface area contributed by atoms with Crippen LogP contribution in [-0.2, 0) is 0 Å². The Morgan fingerprint density at radius 2 is 1.84 bits per heavy atom. The summed E-state index contributed by atoms with van der Waals surface area (Å²) in [7, 11) is 0. The fourth-order valence-corrected chi connectivity index (χ4v) is 2.74. The monoisotopic (exact) mass is 337 g/mol. The van der Waals surface area contributed by atoms with Gasteiger partial charge in [0.05, 0.1) is 11.9 Å². The molecule has 0 saturated heterocycles. The molecule has 4 rings (SSSR count). The van der Waals surface area contributed by atoms with Gasteiger partial charge < -0.3 is 14.8 Å². The predicted octanol–water partition coefficient (Wildman–Crippen LogP) is 1.49. The van der Waals surface area contributed by atoms with Gasteiger partial charge in [-0.15, -0.1) is 0 Å². The summed E-state index contributed by atoms with van der Waals surface area (Å²) in [5.74, 6) is 0.967. The number of aromatic nitrogens is 2. The van der Waals surface area contributed by atoms with Crippen molar-refractivity contribution < 1.29 is 14.3 Å². The molecule has 1 aliphatic heterocycles. The molecule has 1 amide bonds. The average molecular weight is 337 g/mol. The minimum atomic E-state index is -0.380. The largest absolute Gasteiger partial charge is 0.486 e. The average Bonchev–Trinajstić information content (AvgIpc) is 2.66. The number of H-pyrrole nitrogens is 1. The molecule has 0 radical (unpaired) electrons. The summed E-state index contributed by atoms with van der Waals surface area (Å²) in [5, 5.41) is 9.95. The van der Waals surface area contributed by atoms with Crippen LogP contribution >= 0.6 is 0 Å². The quantitative estimate of drug-likeness (QED) is 0.755. The summed E-state index contributed by atoms with van der Waals surface area (Å²) >= 11 is 0. The van der Waals surface area contributed by atoms with Gasteiger partial charge in [-0.05, 0) is 18.2 Å². The van der Waals surface area contributed by atoms with E-state index in [9.17, 15) is 9.59 Å². The molecule has 0 saturated carbocycles. The highest BCUT2D eigenvalue weighted by Crippen LogP contribution is 2.30. The lowest BCUT2D eigenvalue weighted by atomic mass is 10.1. The molecule has 7 nitrogen and oxygen atoms in total. The maximum Gasteiger partial charge on any atom is 0.272 e. The van der Waals surface area contributed by atoms with E-state index >= 15 is 0 Å². The fourth-order valence-electron chi connectivity index (χ4n) is 2.74. The number of para-hydroxylation sites is 2. The predicted molar refractivity (Wildman–Crippen MR) is 91.0 cm³/mol. The summed E-state index contributed by atoms with van der Waals surface area (Å²) in [4.78, 5) is 24.3. The number of benzene rings is 2. The van der Waals surface area contributed by atoms with Gasteiger partial charge >= 0.3 is 0 Å². The van der Waals surface area contributed by atoms with Crippen LogP contribution in [0.4, 0.5) is 0 Å². The highest BCUT2D eigenvalue weighted by molar-refractivity contribution is 6.04. The van der Waals surface area contributed by atoms with Gasteiger partial charge in [0.15, 0.2) is 17.2 Å². The van der Waals surface area contributed by atoms with E-state index in [2.05, 4.69) is 15.5 Å². The number of ether oxygens (including phenoxy) is 2. The van der Waals surface area contributed by atoms with Crippen molar-refractivity contribution in [2.24, 2.45) is 0 Å². The van der Waals surface area contributed by atoms with Gasteiger partial charge in [-0.3, -0.25) is 9.59 Å². The fraction of sp³-hybridized carbons (Fsp3) is 0.167. The molecule has 1 atom stereocenters. The lowest BCUT2D eigenvalue weighted by Crippen LogP contribution is -2.41. The number of carbonyl (C=O) groups excluding carboxylic acids is 1. The number of hydrogen-bond acceptors (Lipinski definition) is 5. The van der Waals surface area contributed by atoms with Crippen LogP contribution in [-0.4, -0.2) is 35.4 Å². The standard InChI is InChI=1S/C18H15N3O4/c22-17-13-6-2-1-5-12(13)16(20-21-17)18(23)19-9-11-10-24-14-7-3-4-8-15(14)25-11/h1-8,11H,9-10H2,(H,19,23)(H,21,22)/t11-/m1/s1. The third kappa shape index (κ3) is 2.91. The van der Waals surface area contributed by atoms with Gasteiger partial charge in [0, 0.05) is 5.39 Å². The van der Waals surface area contributed by atoms with Crippen molar-refractivity contribution in [3.8, 4) is 11.5 Å². The van der Waals surface area contributed by atoms with Gasteiger partial charge in [-0.25, -0.2) is 5.10 Å². The molecular formula is C18H15N3O4. The van der Waals surface area contributed by atoms with Crippen LogP contribution in [0.2, 0.25) is 0 Å². The van der Waals surface area contributed by atoms with Gasteiger partial charge in [-0.1, -0.05) is 30.3 Å². The molecule has 2 N–H and O–H groups in total. The van der Waals surface area contributed by atoms with Gasteiger partial charge in [0.25, 0.3) is 11.5 Å². The number of nitrogens with one attached hydrogen (secondary N) is 2. The minimum absolute atomic E-state index is 0.173.